The first-order valence-corrected chi connectivity index (χ1v) is 10.0. The second kappa shape index (κ2) is 8.14. The Morgan fingerprint density at radius 2 is 1.77 bits per heavy atom. The number of benzene rings is 2. The van der Waals surface area contributed by atoms with E-state index in [1.165, 1.54) is 12.1 Å². The number of hydrogen-bond acceptors (Lipinski definition) is 4. The van der Waals surface area contributed by atoms with Crippen LogP contribution in [-0.4, -0.2) is 37.7 Å². The van der Waals surface area contributed by atoms with E-state index in [2.05, 4.69) is 5.32 Å². The van der Waals surface area contributed by atoms with Crippen LogP contribution in [0, 0.1) is 0 Å². The summed E-state index contributed by atoms with van der Waals surface area (Å²) in [4.78, 5) is 24.0. The van der Waals surface area contributed by atoms with Crippen LogP contribution in [0.2, 0.25) is 0 Å². The minimum atomic E-state index is -3.49. The van der Waals surface area contributed by atoms with Crippen molar-refractivity contribution in [1.82, 2.24) is 5.32 Å². The fraction of sp³-hybridized carbons (Fsp3) is 0.263. The van der Waals surface area contributed by atoms with E-state index in [1.54, 1.807) is 30.3 Å². The standard InChI is InChI=1S/C19H21NO5S/c1-3-14-9-10-15(12-17(14)26(2,24)25)18(21)20-16(19(22)23)11-13-7-5-4-6-8-13/h4-10,12,16H,3,11H2,1-2H3,(H,20,21)(H,22,23)/t16-/m1/s1. The molecule has 0 saturated carbocycles. The van der Waals surface area contributed by atoms with Gasteiger partial charge in [0.25, 0.3) is 5.91 Å². The number of sulfone groups is 1. The Labute approximate surface area is 152 Å². The number of hydrogen-bond donors (Lipinski definition) is 2. The Bertz CT molecular complexity index is 907. The SMILES string of the molecule is CCc1ccc(C(=O)N[C@H](Cc2ccccc2)C(=O)O)cc1S(C)(=O)=O. The Hall–Kier alpha value is -2.67. The summed E-state index contributed by atoms with van der Waals surface area (Å²) in [5.41, 5.74) is 1.50. The van der Waals surface area contributed by atoms with E-state index in [0.717, 1.165) is 11.8 Å². The van der Waals surface area contributed by atoms with Crippen molar-refractivity contribution in [3.8, 4) is 0 Å². The molecule has 0 saturated heterocycles. The third-order valence-corrected chi connectivity index (χ3v) is 5.17. The van der Waals surface area contributed by atoms with Gasteiger partial charge in [-0.05, 0) is 29.7 Å². The lowest BCUT2D eigenvalue weighted by atomic mass is 10.0. The third-order valence-electron chi connectivity index (χ3n) is 4.00. The third kappa shape index (κ3) is 4.92. The average Bonchev–Trinajstić information content (AvgIpc) is 2.60. The quantitative estimate of drug-likeness (QED) is 0.772. The van der Waals surface area contributed by atoms with Crippen LogP contribution in [0.25, 0.3) is 0 Å². The van der Waals surface area contributed by atoms with Crippen LogP contribution in [0.15, 0.2) is 53.4 Å². The first kappa shape index (κ1) is 19.7. The molecule has 1 amide bonds. The predicted molar refractivity (Wildman–Crippen MR) is 98.0 cm³/mol. The normalized spacial score (nSPS) is 12.4. The van der Waals surface area contributed by atoms with Gasteiger partial charge in [-0.1, -0.05) is 43.3 Å². The van der Waals surface area contributed by atoms with E-state index in [0.29, 0.717) is 12.0 Å². The number of carbonyl (C=O) groups is 2. The van der Waals surface area contributed by atoms with Gasteiger partial charge in [0.1, 0.15) is 6.04 Å². The molecule has 26 heavy (non-hydrogen) atoms. The summed E-state index contributed by atoms with van der Waals surface area (Å²) in [6.07, 6.45) is 1.72. The number of amides is 1. The van der Waals surface area contributed by atoms with E-state index < -0.39 is 27.8 Å². The van der Waals surface area contributed by atoms with Gasteiger partial charge in [-0.2, -0.15) is 0 Å². The van der Waals surface area contributed by atoms with Crippen molar-refractivity contribution in [1.29, 1.82) is 0 Å². The zero-order valence-corrected chi connectivity index (χ0v) is 15.4. The van der Waals surface area contributed by atoms with Crippen molar-refractivity contribution < 1.29 is 23.1 Å². The zero-order chi connectivity index (χ0) is 19.3. The molecule has 0 fully saturated rings. The van der Waals surface area contributed by atoms with Gasteiger partial charge in [0.05, 0.1) is 4.90 Å². The molecule has 6 nitrogen and oxygen atoms in total. The van der Waals surface area contributed by atoms with E-state index >= 15 is 0 Å². The fourth-order valence-corrected chi connectivity index (χ4v) is 3.65. The number of aryl methyl sites for hydroxylation is 1. The average molecular weight is 375 g/mol. The molecule has 2 aromatic carbocycles. The van der Waals surface area contributed by atoms with Crippen molar-refractivity contribution in [3.63, 3.8) is 0 Å². The molecule has 0 unspecified atom stereocenters. The summed E-state index contributed by atoms with van der Waals surface area (Å²) in [6.45, 7) is 1.82. The van der Waals surface area contributed by atoms with E-state index in [-0.39, 0.29) is 16.9 Å². The summed E-state index contributed by atoms with van der Waals surface area (Å²) >= 11 is 0. The molecule has 2 rings (SSSR count). The molecule has 138 valence electrons. The number of nitrogens with one attached hydrogen (secondary N) is 1. The Kier molecular flexibility index (Phi) is 6.15. The Balaban J connectivity index is 2.26. The van der Waals surface area contributed by atoms with E-state index in [1.807, 2.05) is 13.0 Å². The van der Waals surface area contributed by atoms with Gasteiger partial charge in [0, 0.05) is 18.2 Å². The lowest BCUT2D eigenvalue weighted by molar-refractivity contribution is -0.139. The molecule has 0 aliphatic rings. The number of carboxylic acids is 1. The van der Waals surface area contributed by atoms with Crippen LogP contribution in [0.1, 0.15) is 28.4 Å². The summed E-state index contributed by atoms with van der Waals surface area (Å²) in [5, 5.41) is 11.8. The van der Waals surface area contributed by atoms with Crippen LogP contribution >= 0.6 is 0 Å². The van der Waals surface area contributed by atoms with E-state index in [9.17, 15) is 23.1 Å². The second-order valence-corrected chi connectivity index (χ2v) is 7.99. The lowest BCUT2D eigenvalue weighted by Crippen LogP contribution is -2.42. The summed E-state index contributed by atoms with van der Waals surface area (Å²) in [5.74, 6) is -1.78. The molecule has 1 atom stereocenters. The maximum atomic E-state index is 12.5. The predicted octanol–water partition coefficient (Wildman–Crippen LogP) is 2.08. The van der Waals surface area contributed by atoms with Gasteiger partial charge < -0.3 is 10.4 Å². The first-order valence-electron chi connectivity index (χ1n) is 8.13. The highest BCUT2D eigenvalue weighted by atomic mass is 32.2. The maximum absolute atomic E-state index is 12.5. The highest BCUT2D eigenvalue weighted by Gasteiger charge is 2.22. The monoisotopic (exact) mass is 375 g/mol. The molecule has 0 spiro atoms. The summed E-state index contributed by atoms with van der Waals surface area (Å²) < 4.78 is 23.9. The second-order valence-electron chi connectivity index (χ2n) is 6.00. The van der Waals surface area contributed by atoms with Gasteiger partial charge in [-0.3, -0.25) is 4.79 Å². The number of carboxylic acid groups (broad SMARTS) is 1. The minimum Gasteiger partial charge on any atom is -0.480 e. The van der Waals surface area contributed by atoms with Crippen LogP contribution in [0.4, 0.5) is 0 Å². The largest absolute Gasteiger partial charge is 0.480 e. The number of carbonyl (C=O) groups excluding carboxylic acids is 1. The molecule has 0 radical (unpaired) electrons. The topological polar surface area (TPSA) is 101 Å². The number of aliphatic carboxylic acids is 1. The van der Waals surface area contributed by atoms with Gasteiger partial charge in [-0.25, -0.2) is 13.2 Å². The molecule has 0 aromatic heterocycles. The Morgan fingerprint density at radius 1 is 1.12 bits per heavy atom. The molecule has 0 heterocycles. The number of rotatable bonds is 7. The fourth-order valence-electron chi connectivity index (χ4n) is 2.62. The molecule has 0 aliphatic carbocycles. The highest BCUT2D eigenvalue weighted by Crippen LogP contribution is 2.19. The smallest absolute Gasteiger partial charge is 0.326 e. The van der Waals surface area contributed by atoms with Crippen LogP contribution in [0.3, 0.4) is 0 Å². The summed E-state index contributed by atoms with van der Waals surface area (Å²) in [6, 6.07) is 12.2. The van der Waals surface area contributed by atoms with Crippen LogP contribution < -0.4 is 5.32 Å². The summed E-state index contributed by atoms with van der Waals surface area (Å²) in [7, 11) is -3.49. The lowest BCUT2D eigenvalue weighted by Gasteiger charge is -2.15. The molecular weight excluding hydrogens is 354 g/mol. The van der Waals surface area contributed by atoms with Crippen molar-refractivity contribution in [3.05, 3.63) is 65.2 Å². The molecule has 0 aliphatic heterocycles. The van der Waals surface area contributed by atoms with Crippen LogP contribution in [-0.2, 0) is 27.5 Å². The van der Waals surface area contributed by atoms with E-state index in [4.69, 9.17) is 0 Å². The maximum Gasteiger partial charge on any atom is 0.326 e. The van der Waals surface area contributed by atoms with Crippen molar-refractivity contribution in [2.24, 2.45) is 0 Å². The van der Waals surface area contributed by atoms with Crippen LogP contribution in [0.5, 0.6) is 0 Å². The minimum absolute atomic E-state index is 0.0857. The Morgan fingerprint density at radius 3 is 2.31 bits per heavy atom. The molecule has 2 aromatic rings. The first-order chi connectivity index (χ1) is 12.2. The van der Waals surface area contributed by atoms with Crippen molar-refractivity contribution in [2.75, 3.05) is 6.26 Å². The molecule has 2 N–H and O–H groups in total. The van der Waals surface area contributed by atoms with Crippen molar-refractivity contribution in [2.45, 2.75) is 30.7 Å². The molecule has 7 heteroatoms. The zero-order valence-electron chi connectivity index (χ0n) is 14.6. The molecular formula is C19H21NO5S. The van der Waals surface area contributed by atoms with Crippen molar-refractivity contribution >= 4 is 21.7 Å². The van der Waals surface area contributed by atoms with Gasteiger partial charge in [0.15, 0.2) is 9.84 Å². The van der Waals surface area contributed by atoms with Gasteiger partial charge in [-0.15, -0.1) is 0 Å². The van der Waals surface area contributed by atoms with Gasteiger partial charge in [0.2, 0.25) is 0 Å². The molecule has 0 bridgehead atoms. The van der Waals surface area contributed by atoms with Gasteiger partial charge >= 0.3 is 5.97 Å². The highest BCUT2D eigenvalue weighted by molar-refractivity contribution is 7.90.